The van der Waals surface area contributed by atoms with E-state index in [9.17, 15) is 9.59 Å². The minimum Gasteiger partial charge on any atom is -0.494 e. The van der Waals surface area contributed by atoms with Crippen LogP contribution in [0.25, 0.3) is 0 Å². The number of hydrazone groups is 1. The number of nitrogens with zero attached hydrogens (tertiary/aromatic N) is 1. The number of rotatable bonds is 12. The summed E-state index contributed by atoms with van der Waals surface area (Å²) in [5.74, 6) is 0.483. The monoisotopic (exact) mass is 409 g/mol. The first kappa shape index (κ1) is 23.1. The van der Waals surface area contributed by atoms with Crippen LogP contribution in [0.5, 0.6) is 5.75 Å². The number of carbonyl (C=O) groups is 2. The fraction of sp³-hybridized carbons (Fsp3) is 0.375. The van der Waals surface area contributed by atoms with Crippen molar-refractivity contribution >= 4 is 23.7 Å². The van der Waals surface area contributed by atoms with Crippen molar-refractivity contribution in [2.24, 2.45) is 5.10 Å². The number of carbonyl (C=O) groups excluding carboxylic acids is 2. The largest absolute Gasteiger partial charge is 0.494 e. The zero-order valence-electron chi connectivity index (χ0n) is 17.8. The first-order valence-electron chi connectivity index (χ1n) is 10.6. The summed E-state index contributed by atoms with van der Waals surface area (Å²) >= 11 is 0. The van der Waals surface area contributed by atoms with Crippen molar-refractivity contribution in [2.75, 3.05) is 11.9 Å². The quantitative estimate of drug-likeness (QED) is 0.289. The Morgan fingerprint density at radius 2 is 1.63 bits per heavy atom. The summed E-state index contributed by atoms with van der Waals surface area (Å²) in [5, 5.41) is 6.85. The lowest BCUT2D eigenvalue weighted by Gasteiger charge is -2.06. The van der Waals surface area contributed by atoms with Crippen LogP contribution in [-0.4, -0.2) is 24.6 Å². The molecule has 160 valence electrons. The predicted molar refractivity (Wildman–Crippen MR) is 121 cm³/mol. The van der Waals surface area contributed by atoms with Crippen LogP contribution in [0.1, 0.15) is 68.3 Å². The van der Waals surface area contributed by atoms with Gasteiger partial charge in [-0.2, -0.15) is 5.10 Å². The third-order valence-corrected chi connectivity index (χ3v) is 4.51. The smallest absolute Gasteiger partial charge is 0.271 e. The van der Waals surface area contributed by atoms with E-state index in [1.165, 1.54) is 19.3 Å². The van der Waals surface area contributed by atoms with E-state index in [1.807, 2.05) is 31.2 Å². The minimum absolute atomic E-state index is 0.00338. The molecule has 0 aromatic heterocycles. The fourth-order valence-electron chi connectivity index (χ4n) is 2.86. The highest BCUT2D eigenvalue weighted by Crippen LogP contribution is 2.12. The topological polar surface area (TPSA) is 79.8 Å². The van der Waals surface area contributed by atoms with Crippen LogP contribution < -0.4 is 15.5 Å². The minimum atomic E-state index is -0.314. The van der Waals surface area contributed by atoms with Gasteiger partial charge in [-0.1, -0.05) is 32.6 Å². The highest BCUT2D eigenvalue weighted by atomic mass is 16.5. The molecule has 0 atom stereocenters. The van der Waals surface area contributed by atoms with Crippen LogP contribution in [-0.2, 0) is 4.79 Å². The van der Waals surface area contributed by atoms with Crippen molar-refractivity contribution in [2.45, 2.75) is 52.4 Å². The van der Waals surface area contributed by atoms with Gasteiger partial charge in [0.15, 0.2) is 0 Å². The standard InChI is InChI=1S/C24H31N3O3/c1-3-5-6-7-8-9-23(28)26-21-14-12-20(13-15-21)24(29)27-25-18-19-10-16-22(17-11-19)30-4-2/h10-18H,3-9H2,1-2H3,(H,26,28)(H,27,29). The molecule has 2 amide bonds. The maximum absolute atomic E-state index is 12.2. The Morgan fingerprint density at radius 3 is 2.30 bits per heavy atom. The normalized spacial score (nSPS) is 10.7. The van der Waals surface area contributed by atoms with E-state index < -0.39 is 0 Å². The predicted octanol–water partition coefficient (Wildman–Crippen LogP) is 5.15. The molecular formula is C24H31N3O3. The molecular weight excluding hydrogens is 378 g/mol. The van der Waals surface area contributed by atoms with Gasteiger partial charge >= 0.3 is 0 Å². The Balaban J connectivity index is 1.76. The Hall–Kier alpha value is -3.15. The van der Waals surface area contributed by atoms with Gasteiger partial charge in [0.05, 0.1) is 12.8 Å². The molecule has 0 unspecified atom stereocenters. The second-order valence-electron chi connectivity index (χ2n) is 6.99. The molecule has 2 aromatic carbocycles. The maximum Gasteiger partial charge on any atom is 0.271 e. The van der Waals surface area contributed by atoms with Gasteiger partial charge in [-0.3, -0.25) is 9.59 Å². The van der Waals surface area contributed by atoms with Gasteiger partial charge < -0.3 is 10.1 Å². The second kappa shape index (κ2) is 13.1. The van der Waals surface area contributed by atoms with Crippen LogP contribution in [0, 0.1) is 0 Å². The summed E-state index contributed by atoms with van der Waals surface area (Å²) in [5.41, 5.74) is 4.51. The number of benzene rings is 2. The average molecular weight is 410 g/mol. The van der Waals surface area contributed by atoms with Gasteiger partial charge in [0.25, 0.3) is 5.91 Å². The zero-order valence-corrected chi connectivity index (χ0v) is 17.8. The van der Waals surface area contributed by atoms with E-state index in [2.05, 4.69) is 22.8 Å². The first-order chi connectivity index (χ1) is 14.6. The molecule has 6 nitrogen and oxygen atoms in total. The summed E-state index contributed by atoms with van der Waals surface area (Å²) in [7, 11) is 0. The molecule has 0 bridgehead atoms. The van der Waals surface area contributed by atoms with Crippen LogP contribution in [0.4, 0.5) is 5.69 Å². The lowest BCUT2D eigenvalue weighted by molar-refractivity contribution is -0.116. The Bertz CT molecular complexity index is 815. The van der Waals surface area contributed by atoms with Crippen molar-refractivity contribution in [3.05, 3.63) is 59.7 Å². The molecule has 0 saturated carbocycles. The van der Waals surface area contributed by atoms with Crippen molar-refractivity contribution in [1.29, 1.82) is 0 Å². The molecule has 2 N–H and O–H groups in total. The van der Waals surface area contributed by atoms with Crippen LogP contribution in [0.2, 0.25) is 0 Å². The second-order valence-corrected chi connectivity index (χ2v) is 6.99. The number of hydrogen-bond donors (Lipinski definition) is 2. The maximum atomic E-state index is 12.2. The molecule has 2 aromatic rings. The van der Waals surface area contributed by atoms with Gasteiger partial charge in [0, 0.05) is 17.7 Å². The number of nitrogens with one attached hydrogen (secondary N) is 2. The van der Waals surface area contributed by atoms with E-state index in [4.69, 9.17) is 4.74 Å². The van der Waals surface area contributed by atoms with Gasteiger partial charge in [0.2, 0.25) is 5.91 Å². The van der Waals surface area contributed by atoms with Crippen molar-refractivity contribution < 1.29 is 14.3 Å². The number of ether oxygens (including phenoxy) is 1. The molecule has 0 radical (unpaired) electrons. The fourth-order valence-corrected chi connectivity index (χ4v) is 2.86. The van der Waals surface area contributed by atoms with Crippen LogP contribution >= 0.6 is 0 Å². The number of unbranched alkanes of at least 4 members (excludes halogenated alkanes) is 4. The molecule has 0 spiro atoms. The highest BCUT2D eigenvalue weighted by Gasteiger charge is 2.06. The zero-order chi connectivity index (χ0) is 21.6. The van der Waals surface area contributed by atoms with Crippen molar-refractivity contribution in [3.8, 4) is 5.75 Å². The van der Waals surface area contributed by atoms with Gasteiger partial charge in [0.1, 0.15) is 5.75 Å². The first-order valence-corrected chi connectivity index (χ1v) is 10.6. The lowest BCUT2D eigenvalue weighted by atomic mass is 10.1. The number of amides is 2. The molecule has 0 aliphatic heterocycles. The van der Waals surface area contributed by atoms with Crippen molar-refractivity contribution in [3.63, 3.8) is 0 Å². The average Bonchev–Trinajstić information content (AvgIpc) is 2.75. The number of anilines is 1. The molecule has 0 aliphatic rings. The molecule has 0 heterocycles. The Kier molecular flexibility index (Phi) is 10.1. The number of hydrogen-bond acceptors (Lipinski definition) is 4. The third-order valence-electron chi connectivity index (χ3n) is 4.51. The molecule has 6 heteroatoms. The SMILES string of the molecule is CCCCCCCC(=O)Nc1ccc(C(=O)NN=Cc2ccc(OCC)cc2)cc1. The summed E-state index contributed by atoms with van der Waals surface area (Å²) in [6.45, 7) is 4.72. The molecule has 0 saturated heterocycles. The van der Waals surface area contributed by atoms with E-state index in [1.54, 1.807) is 30.5 Å². The molecule has 30 heavy (non-hydrogen) atoms. The van der Waals surface area contributed by atoms with E-state index >= 15 is 0 Å². The molecule has 2 rings (SSSR count). The van der Waals surface area contributed by atoms with Gasteiger partial charge in [-0.05, 0) is 67.4 Å². The Morgan fingerprint density at radius 1 is 0.933 bits per heavy atom. The van der Waals surface area contributed by atoms with Crippen LogP contribution in [0.3, 0.4) is 0 Å². The summed E-state index contributed by atoms with van der Waals surface area (Å²) < 4.78 is 5.39. The third kappa shape index (κ3) is 8.47. The molecule has 0 fully saturated rings. The van der Waals surface area contributed by atoms with Crippen LogP contribution in [0.15, 0.2) is 53.6 Å². The van der Waals surface area contributed by atoms with E-state index in [0.717, 1.165) is 24.2 Å². The van der Waals surface area contributed by atoms with Gasteiger partial charge in [-0.15, -0.1) is 0 Å². The summed E-state index contributed by atoms with van der Waals surface area (Å²) in [6, 6.07) is 14.2. The van der Waals surface area contributed by atoms with Gasteiger partial charge in [-0.25, -0.2) is 5.43 Å². The highest BCUT2D eigenvalue weighted by molar-refractivity contribution is 5.96. The summed E-state index contributed by atoms with van der Waals surface area (Å²) in [6.07, 6.45) is 7.66. The molecule has 0 aliphatic carbocycles. The Labute approximate surface area is 178 Å². The van der Waals surface area contributed by atoms with Crippen molar-refractivity contribution in [1.82, 2.24) is 5.43 Å². The van der Waals surface area contributed by atoms with E-state index in [-0.39, 0.29) is 11.8 Å². The summed E-state index contributed by atoms with van der Waals surface area (Å²) in [4.78, 5) is 24.2. The lowest BCUT2D eigenvalue weighted by Crippen LogP contribution is -2.17. The van der Waals surface area contributed by atoms with E-state index in [0.29, 0.717) is 24.3 Å².